The Bertz CT molecular complexity index is 980. The number of fused-ring (bicyclic) bond motifs is 2. The van der Waals surface area contributed by atoms with Crippen LogP contribution in [0.2, 0.25) is 5.15 Å². The Morgan fingerprint density at radius 1 is 1.28 bits per heavy atom. The summed E-state index contributed by atoms with van der Waals surface area (Å²) in [6.07, 6.45) is 3.11. The van der Waals surface area contributed by atoms with Gasteiger partial charge in [-0.2, -0.15) is 0 Å². The Balaban J connectivity index is 1.45. The fraction of sp³-hybridized carbons (Fsp3) is 0.211. The monoisotopic (exact) mass is 353 g/mol. The average Bonchev–Trinajstić information content (AvgIpc) is 3.02. The minimum absolute atomic E-state index is 0.0147. The van der Waals surface area contributed by atoms with Crippen LogP contribution in [0.15, 0.2) is 42.6 Å². The molecule has 3 aromatic rings. The summed E-state index contributed by atoms with van der Waals surface area (Å²) >= 11 is 5.87. The highest BCUT2D eigenvalue weighted by Gasteiger charge is 2.26. The Hall–Kier alpha value is -2.66. The minimum Gasteiger partial charge on any atom is -0.351 e. The second-order valence-electron chi connectivity index (χ2n) is 6.29. The first-order valence-electron chi connectivity index (χ1n) is 8.16. The molecule has 1 aliphatic rings. The van der Waals surface area contributed by atoms with Gasteiger partial charge in [0.05, 0.1) is 17.4 Å². The summed E-state index contributed by atoms with van der Waals surface area (Å²) in [7, 11) is 0. The number of para-hydroxylation sites is 1. The number of H-pyrrole nitrogens is 1. The molecule has 25 heavy (non-hydrogen) atoms. The molecule has 0 bridgehead atoms. The van der Waals surface area contributed by atoms with Crippen LogP contribution in [0.1, 0.15) is 28.9 Å². The van der Waals surface area contributed by atoms with Crippen molar-refractivity contribution >= 4 is 39.9 Å². The summed E-state index contributed by atoms with van der Waals surface area (Å²) in [6.45, 7) is 0. The lowest BCUT2D eigenvalue weighted by molar-refractivity contribution is -0.120. The van der Waals surface area contributed by atoms with Gasteiger partial charge in [-0.25, -0.2) is 4.98 Å². The summed E-state index contributed by atoms with van der Waals surface area (Å²) in [5.41, 5.74) is 3.29. The van der Waals surface area contributed by atoms with Crippen LogP contribution in [0.5, 0.6) is 0 Å². The van der Waals surface area contributed by atoms with Crippen molar-refractivity contribution in [3.63, 3.8) is 0 Å². The second kappa shape index (κ2) is 6.33. The van der Waals surface area contributed by atoms with E-state index in [1.807, 2.05) is 24.3 Å². The molecule has 1 aliphatic heterocycles. The lowest BCUT2D eigenvalue weighted by Gasteiger charge is -2.24. The van der Waals surface area contributed by atoms with Crippen molar-refractivity contribution in [1.29, 1.82) is 0 Å². The Morgan fingerprint density at radius 2 is 2.12 bits per heavy atom. The zero-order valence-electron chi connectivity index (χ0n) is 13.4. The fourth-order valence-electron chi connectivity index (χ4n) is 3.24. The number of nitrogens with one attached hydrogen (secondary N) is 2. The van der Waals surface area contributed by atoms with E-state index in [1.165, 1.54) is 0 Å². The van der Waals surface area contributed by atoms with Gasteiger partial charge in [-0.05, 0) is 36.6 Å². The van der Waals surface area contributed by atoms with Crippen molar-refractivity contribution in [2.75, 3.05) is 5.32 Å². The smallest absolute Gasteiger partial charge is 0.227 e. The molecule has 0 saturated heterocycles. The van der Waals surface area contributed by atoms with Crippen molar-refractivity contribution in [3.8, 4) is 0 Å². The summed E-state index contributed by atoms with van der Waals surface area (Å²) in [5, 5.41) is 4.17. The molecular weight excluding hydrogens is 338 g/mol. The first kappa shape index (κ1) is 15.8. The number of carbonyl (C=O) groups excluding carboxylic acids is 2. The van der Waals surface area contributed by atoms with E-state index in [9.17, 15) is 9.59 Å². The molecule has 0 spiro atoms. The molecule has 2 aromatic heterocycles. The van der Waals surface area contributed by atoms with Gasteiger partial charge < -0.3 is 10.3 Å². The molecule has 0 radical (unpaired) electrons. The third kappa shape index (κ3) is 3.15. The summed E-state index contributed by atoms with van der Waals surface area (Å²) in [6, 6.07) is 11.3. The number of carbonyl (C=O) groups is 2. The number of amides is 1. The number of Topliss-reactive ketones (excluding diaryl/α,β-unsaturated/α-hetero) is 1. The number of hydrogen-bond acceptors (Lipinski definition) is 3. The van der Waals surface area contributed by atoms with Crippen molar-refractivity contribution in [2.45, 2.75) is 19.3 Å². The minimum atomic E-state index is -0.181. The second-order valence-corrected chi connectivity index (χ2v) is 6.67. The lowest BCUT2D eigenvalue weighted by Crippen LogP contribution is -2.30. The van der Waals surface area contributed by atoms with E-state index in [-0.39, 0.29) is 17.6 Å². The molecule has 4 rings (SSSR count). The van der Waals surface area contributed by atoms with Crippen molar-refractivity contribution < 1.29 is 9.59 Å². The van der Waals surface area contributed by atoms with Gasteiger partial charge in [0.15, 0.2) is 5.78 Å². The van der Waals surface area contributed by atoms with E-state index < -0.39 is 0 Å². The molecule has 0 fully saturated rings. The van der Waals surface area contributed by atoms with Crippen LogP contribution in [0.4, 0.5) is 5.69 Å². The lowest BCUT2D eigenvalue weighted by atomic mass is 9.89. The SMILES string of the molecule is O=C(CCC1Cc2ccccc2NC1=O)c1cc2cc(Cl)ncc2[nH]1. The maximum absolute atomic E-state index is 12.5. The molecule has 1 unspecified atom stereocenters. The molecule has 1 amide bonds. The van der Waals surface area contributed by atoms with Crippen molar-refractivity contribution in [3.05, 3.63) is 59.0 Å². The Labute approximate surface area is 149 Å². The summed E-state index contributed by atoms with van der Waals surface area (Å²) in [4.78, 5) is 31.8. The number of rotatable bonds is 4. The molecule has 1 aromatic carbocycles. The number of aromatic nitrogens is 2. The normalized spacial score (nSPS) is 16.5. The number of ketones is 1. The van der Waals surface area contributed by atoms with Gasteiger partial charge in [0.1, 0.15) is 5.15 Å². The molecule has 0 saturated carbocycles. The molecule has 2 N–H and O–H groups in total. The van der Waals surface area contributed by atoms with Gasteiger partial charge in [-0.15, -0.1) is 0 Å². The third-order valence-corrected chi connectivity index (χ3v) is 4.81. The predicted octanol–water partition coefficient (Wildman–Crippen LogP) is 3.99. The van der Waals surface area contributed by atoms with Gasteiger partial charge >= 0.3 is 0 Å². The molecule has 1 atom stereocenters. The van der Waals surface area contributed by atoms with Crippen molar-refractivity contribution in [2.24, 2.45) is 5.92 Å². The van der Waals surface area contributed by atoms with Gasteiger partial charge in [0, 0.05) is 23.4 Å². The number of halogens is 1. The number of nitrogens with zero attached hydrogens (tertiary/aromatic N) is 1. The van der Waals surface area contributed by atoms with Gasteiger partial charge in [0.2, 0.25) is 5.91 Å². The zero-order chi connectivity index (χ0) is 17.4. The number of benzene rings is 1. The number of anilines is 1. The van der Waals surface area contributed by atoms with Gasteiger partial charge in [-0.1, -0.05) is 29.8 Å². The molecule has 6 heteroatoms. The fourth-order valence-corrected chi connectivity index (χ4v) is 3.41. The topological polar surface area (TPSA) is 74.8 Å². The highest BCUT2D eigenvalue weighted by atomic mass is 35.5. The van der Waals surface area contributed by atoms with Crippen LogP contribution in [0.3, 0.4) is 0 Å². The largest absolute Gasteiger partial charge is 0.351 e. The highest BCUT2D eigenvalue weighted by Crippen LogP contribution is 2.28. The molecule has 5 nitrogen and oxygen atoms in total. The van der Waals surface area contributed by atoms with Crippen LogP contribution in [0, 0.1) is 5.92 Å². The summed E-state index contributed by atoms with van der Waals surface area (Å²) in [5.74, 6) is -0.211. The summed E-state index contributed by atoms with van der Waals surface area (Å²) < 4.78 is 0. The van der Waals surface area contributed by atoms with Crippen LogP contribution in [0.25, 0.3) is 10.9 Å². The van der Waals surface area contributed by atoms with Crippen LogP contribution in [-0.4, -0.2) is 21.7 Å². The van der Waals surface area contributed by atoms with Crippen LogP contribution in [-0.2, 0) is 11.2 Å². The first-order valence-corrected chi connectivity index (χ1v) is 8.54. The highest BCUT2D eigenvalue weighted by molar-refractivity contribution is 6.30. The predicted molar refractivity (Wildman–Crippen MR) is 96.9 cm³/mol. The van der Waals surface area contributed by atoms with E-state index >= 15 is 0 Å². The molecule has 3 heterocycles. The van der Waals surface area contributed by atoms with Crippen LogP contribution >= 0.6 is 11.6 Å². The first-order chi connectivity index (χ1) is 12.1. The number of pyridine rings is 1. The Kier molecular flexibility index (Phi) is 4.01. The maximum atomic E-state index is 12.5. The van der Waals surface area contributed by atoms with E-state index in [0.29, 0.717) is 30.1 Å². The van der Waals surface area contributed by atoms with Crippen molar-refractivity contribution in [1.82, 2.24) is 9.97 Å². The molecular formula is C19H16ClN3O2. The zero-order valence-corrected chi connectivity index (χ0v) is 14.1. The maximum Gasteiger partial charge on any atom is 0.227 e. The van der Waals surface area contributed by atoms with E-state index in [0.717, 1.165) is 22.2 Å². The van der Waals surface area contributed by atoms with E-state index in [4.69, 9.17) is 11.6 Å². The van der Waals surface area contributed by atoms with E-state index in [2.05, 4.69) is 15.3 Å². The van der Waals surface area contributed by atoms with E-state index in [1.54, 1.807) is 18.3 Å². The molecule has 0 aliphatic carbocycles. The number of hydrogen-bond donors (Lipinski definition) is 2. The van der Waals surface area contributed by atoms with Crippen LogP contribution < -0.4 is 5.32 Å². The Morgan fingerprint density at radius 3 is 3.00 bits per heavy atom. The third-order valence-electron chi connectivity index (χ3n) is 4.60. The average molecular weight is 354 g/mol. The quantitative estimate of drug-likeness (QED) is 0.550. The molecule has 126 valence electrons. The van der Waals surface area contributed by atoms with Gasteiger partial charge in [0.25, 0.3) is 0 Å². The number of aromatic amines is 1. The standard InChI is InChI=1S/C19H16ClN3O2/c20-18-9-13-8-15(22-16(13)10-21-18)17(24)6-5-12-7-11-3-1-2-4-14(11)23-19(12)25/h1-4,8-10,12,22H,5-7H2,(H,23,25). The van der Waals surface area contributed by atoms with Gasteiger partial charge in [-0.3, -0.25) is 9.59 Å².